The average molecular weight is 399 g/mol. The van der Waals surface area contributed by atoms with Crippen molar-refractivity contribution in [3.8, 4) is 0 Å². The van der Waals surface area contributed by atoms with Crippen LogP contribution >= 0.6 is 11.3 Å². The molecule has 2 unspecified atom stereocenters. The van der Waals surface area contributed by atoms with Gasteiger partial charge in [-0.05, 0) is 61.2 Å². The smallest absolute Gasteiger partial charge is 0.193 e. The summed E-state index contributed by atoms with van der Waals surface area (Å²) in [5.41, 5.74) is 10.3. The summed E-state index contributed by atoms with van der Waals surface area (Å²) >= 11 is 1.79. The highest BCUT2D eigenvalue weighted by atomic mass is 32.1. The molecule has 0 radical (unpaired) electrons. The Morgan fingerprint density at radius 3 is 3.04 bits per heavy atom. The fourth-order valence-electron chi connectivity index (χ4n) is 4.26. The number of guanidine groups is 1. The van der Waals surface area contributed by atoms with Crippen molar-refractivity contribution in [3.63, 3.8) is 0 Å². The first-order valence-electron chi connectivity index (χ1n) is 10.3. The lowest BCUT2D eigenvalue weighted by Crippen LogP contribution is -2.44. The Labute approximate surface area is 171 Å². The van der Waals surface area contributed by atoms with Crippen LogP contribution in [0.5, 0.6) is 0 Å². The molecule has 0 spiro atoms. The van der Waals surface area contributed by atoms with Crippen LogP contribution in [-0.4, -0.2) is 43.2 Å². The topological polar surface area (TPSA) is 62.9 Å². The molecule has 0 bridgehead atoms. The first kappa shape index (κ1) is 19.4. The summed E-state index contributed by atoms with van der Waals surface area (Å²) in [5.74, 6) is 0.502. The molecule has 2 aromatic rings. The van der Waals surface area contributed by atoms with E-state index in [0.717, 1.165) is 38.2 Å². The number of nitrogens with zero attached hydrogens (tertiary/aromatic N) is 2. The van der Waals surface area contributed by atoms with Gasteiger partial charge in [0.25, 0.3) is 0 Å². The number of nitrogens with one attached hydrogen (secondary N) is 1. The number of aryl methyl sites for hydroxylation is 1. The SMILES string of the molecule is CC1CN(C(CN=C(N)Nc2cccc3c2CCCC3)c2cccs2)CCO1. The van der Waals surface area contributed by atoms with E-state index in [9.17, 15) is 0 Å². The van der Waals surface area contributed by atoms with Crippen LogP contribution in [0.3, 0.4) is 0 Å². The number of nitrogens with two attached hydrogens (primary N) is 1. The van der Waals surface area contributed by atoms with Crippen molar-refractivity contribution >= 4 is 23.0 Å². The largest absolute Gasteiger partial charge is 0.376 e. The van der Waals surface area contributed by atoms with E-state index in [1.165, 1.54) is 28.8 Å². The van der Waals surface area contributed by atoms with Crippen molar-refractivity contribution in [2.75, 3.05) is 31.6 Å². The molecule has 2 aliphatic rings. The average Bonchev–Trinajstić information content (AvgIpc) is 3.23. The predicted molar refractivity (Wildman–Crippen MR) is 117 cm³/mol. The van der Waals surface area contributed by atoms with Crippen molar-refractivity contribution in [2.45, 2.75) is 44.8 Å². The number of anilines is 1. The van der Waals surface area contributed by atoms with Gasteiger partial charge >= 0.3 is 0 Å². The standard InChI is InChI=1S/C22H30N4OS/c1-16-15-26(11-12-27-16)20(21-10-5-13-28-21)14-24-22(23)25-19-9-4-7-17-6-2-3-8-18(17)19/h4-5,7,9-10,13,16,20H,2-3,6,8,11-12,14-15H2,1H3,(H3,23,24,25). The summed E-state index contributed by atoms with van der Waals surface area (Å²) in [6, 6.07) is 11.0. The number of fused-ring (bicyclic) bond motifs is 1. The van der Waals surface area contributed by atoms with E-state index in [2.05, 4.69) is 52.9 Å². The third-order valence-electron chi connectivity index (χ3n) is 5.68. The minimum Gasteiger partial charge on any atom is -0.376 e. The molecule has 1 aliphatic heterocycles. The van der Waals surface area contributed by atoms with Crippen molar-refractivity contribution in [1.82, 2.24) is 4.90 Å². The van der Waals surface area contributed by atoms with Crippen molar-refractivity contribution in [1.29, 1.82) is 0 Å². The Bertz CT molecular complexity index is 805. The van der Waals surface area contributed by atoms with Gasteiger partial charge in [-0.2, -0.15) is 0 Å². The Balaban J connectivity index is 1.47. The summed E-state index contributed by atoms with van der Waals surface area (Å²) in [6.45, 7) is 5.42. The van der Waals surface area contributed by atoms with E-state index >= 15 is 0 Å². The third-order valence-corrected chi connectivity index (χ3v) is 6.65. The summed E-state index contributed by atoms with van der Waals surface area (Å²) in [7, 11) is 0. The van der Waals surface area contributed by atoms with Crippen molar-refractivity contribution in [2.24, 2.45) is 10.7 Å². The summed E-state index contributed by atoms with van der Waals surface area (Å²) in [6.07, 6.45) is 5.07. The molecule has 2 heterocycles. The number of thiophene rings is 1. The second-order valence-electron chi connectivity index (χ2n) is 7.71. The molecule has 1 aromatic heterocycles. The molecule has 150 valence electrons. The number of morpholine rings is 1. The zero-order valence-corrected chi connectivity index (χ0v) is 17.4. The summed E-state index contributed by atoms with van der Waals surface area (Å²) in [4.78, 5) is 8.54. The molecule has 1 saturated heterocycles. The van der Waals surface area contributed by atoms with E-state index in [1.54, 1.807) is 11.3 Å². The molecule has 1 aliphatic carbocycles. The van der Waals surface area contributed by atoms with Gasteiger partial charge in [-0.25, -0.2) is 0 Å². The fourth-order valence-corrected chi connectivity index (χ4v) is 5.11. The number of hydrogen-bond acceptors (Lipinski definition) is 4. The minimum absolute atomic E-state index is 0.247. The lowest BCUT2D eigenvalue weighted by Gasteiger charge is -2.36. The molecule has 28 heavy (non-hydrogen) atoms. The van der Waals surface area contributed by atoms with Gasteiger partial charge in [0.15, 0.2) is 5.96 Å². The van der Waals surface area contributed by atoms with E-state index in [4.69, 9.17) is 15.5 Å². The molecule has 3 N–H and O–H groups in total. The van der Waals surface area contributed by atoms with Crippen LogP contribution in [0.25, 0.3) is 0 Å². The highest BCUT2D eigenvalue weighted by molar-refractivity contribution is 7.10. The summed E-state index contributed by atoms with van der Waals surface area (Å²) < 4.78 is 5.72. The highest BCUT2D eigenvalue weighted by Gasteiger charge is 2.26. The molecule has 2 atom stereocenters. The van der Waals surface area contributed by atoms with E-state index in [1.807, 2.05) is 0 Å². The molecule has 0 amide bonds. The number of rotatable bonds is 5. The fraction of sp³-hybridized carbons (Fsp3) is 0.500. The molecule has 1 aromatic carbocycles. The first-order valence-corrected chi connectivity index (χ1v) is 11.2. The van der Waals surface area contributed by atoms with Gasteiger partial charge in [0.1, 0.15) is 0 Å². The maximum Gasteiger partial charge on any atom is 0.193 e. The lowest BCUT2D eigenvalue weighted by atomic mass is 9.90. The van der Waals surface area contributed by atoms with Gasteiger partial charge in [-0.3, -0.25) is 9.89 Å². The second-order valence-corrected chi connectivity index (χ2v) is 8.69. The van der Waals surface area contributed by atoms with Crippen LogP contribution in [-0.2, 0) is 17.6 Å². The van der Waals surface area contributed by atoms with Crippen LogP contribution in [0.1, 0.15) is 41.8 Å². The van der Waals surface area contributed by atoms with Gasteiger partial charge in [0, 0.05) is 23.7 Å². The maximum atomic E-state index is 6.30. The van der Waals surface area contributed by atoms with E-state index in [-0.39, 0.29) is 12.1 Å². The Morgan fingerprint density at radius 1 is 1.32 bits per heavy atom. The Morgan fingerprint density at radius 2 is 2.21 bits per heavy atom. The highest BCUT2D eigenvalue weighted by Crippen LogP contribution is 2.29. The van der Waals surface area contributed by atoms with Crippen LogP contribution in [0.2, 0.25) is 0 Å². The quantitative estimate of drug-likeness (QED) is 0.594. The van der Waals surface area contributed by atoms with E-state index in [0.29, 0.717) is 12.5 Å². The first-order chi connectivity index (χ1) is 13.7. The lowest BCUT2D eigenvalue weighted by molar-refractivity contribution is -0.0327. The van der Waals surface area contributed by atoms with Crippen LogP contribution in [0.4, 0.5) is 5.69 Å². The van der Waals surface area contributed by atoms with Crippen LogP contribution < -0.4 is 11.1 Å². The number of aliphatic imine (C=N–C) groups is 1. The van der Waals surface area contributed by atoms with Gasteiger partial charge < -0.3 is 15.8 Å². The van der Waals surface area contributed by atoms with Crippen molar-refractivity contribution in [3.05, 3.63) is 51.7 Å². The van der Waals surface area contributed by atoms with Gasteiger partial charge in [-0.1, -0.05) is 18.2 Å². The maximum absolute atomic E-state index is 6.30. The van der Waals surface area contributed by atoms with Gasteiger partial charge in [0.05, 0.1) is 25.3 Å². The minimum atomic E-state index is 0.247. The monoisotopic (exact) mass is 398 g/mol. The predicted octanol–water partition coefficient (Wildman–Crippen LogP) is 3.82. The van der Waals surface area contributed by atoms with Gasteiger partial charge in [-0.15, -0.1) is 11.3 Å². The molecule has 4 rings (SSSR count). The molecule has 6 heteroatoms. The summed E-state index contributed by atoms with van der Waals surface area (Å²) in [5, 5.41) is 5.50. The normalized spacial score (nSPS) is 21.9. The number of ether oxygens (including phenoxy) is 1. The Hall–Kier alpha value is -1.89. The molecule has 5 nitrogen and oxygen atoms in total. The van der Waals surface area contributed by atoms with Crippen LogP contribution in [0.15, 0.2) is 40.7 Å². The molecule has 0 saturated carbocycles. The third kappa shape index (κ3) is 4.57. The molecular formula is C22H30N4OS. The molecule has 1 fully saturated rings. The Kier molecular flexibility index (Phi) is 6.29. The zero-order chi connectivity index (χ0) is 19.3. The number of benzene rings is 1. The second kappa shape index (κ2) is 9.07. The molecular weight excluding hydrogens is 368 g/mol. The van der Waals surface area contributed by atoms with Gasteiger partial charge in [0.2, 0.25) is 0 Å². The van der Waals surface area contributed by atoms with E-state index < -0.39 is 0 Å². The number of hydrogen-bond donors (Lipinski definition) is 2. The van der Waals surface area contributed by atoms with Crippen LogP contribution in [0, 0.1) is 0 Å². The van der Waals surface area contributed by atoms with Crippen molar-refractivity contribution < 1.29 is 4.74 Å². The zero-order valence-electron chi connectivity index (χ0n) is 16.6.